The van der Waals surface area contributed by atoms with Gasteiger partial charge in [-0.25, -0.2) is 5.10 Å². The summed E-state index contributed by atoms with van der Waals surface area (Å²) in [6, 6.07) is 5.28. The number of rotatable bonds is 1. The molecular weight excluding hydrogens is 297 g/mol. The monoisotopic (exact) mass is 307 g/mol. The van der Waals surface area contributed by atoms with Crippen LogP contribution < -0.4 is 5.73 Å². The van der Waals surface area contributed by atoms with E-state index in [1.54, 1.807) is 18.3 Å². The molecule has 0 saturated heterocycles. The Kier molecular flexibility index (Phi) is 6.45. The fourth-order valence-electron chi connectivity index (χ4n) is 1.29. The summed E-state index contributed by atoms with van der Waals surface area (Å²) in [6.45, 7) is 4.03. The zero-order valence-electron chi connectivity index (χ0n) is 8.95. The molecule has 3 N–H and O–H groups in total. The van der Waals surface area contributed by atoms with Crippen molar-refractivity contribution in [2.24, 2.45) is 10.9 Å². The van der Waals surface area contributed by atoms with Gasteiger partial charge in [0.15, 0.2) is 0 Å². The summed E-state index contributed by atoms with van der Waals surface area (Å²) in [7, 11) is 3.61. The Morgan fingerprint density at radius 3 is 2.71 bits per heavy atom. The normalized spacial score (nSPS) is 8.71. The number of benzene rings is 1. The number of hydrogen-bond donors (Lipinski definition) is 2. The second-order valence-corrected chi connectivity index (χ2v) is 2.89. The summed E-state index contributed by atoms with van der Waals surface area (Å²) >= 11 is 0. The van der Waals surface area contributed by atoms with E-state index in [4.69, 9.17) is 10.9 Å². The molecule has 0 aliphatic carbocycles. The van der Waals surface area contributed by atoms with Gasteiger partial charge in [0.1, 0.15) is 0 Å². The second kappa shape index (κ2) is 7.03. The Hall–Kier alpha value is -1.40. The van der Waals surface area contributed by atoms with E-state index in [1.807, 2.05) is 11.2 Å². The quantitative estimate of drug-likeness (QED) is 0.352. The number of fused-ring (bicyclic) bond motifs is 1. The molecule has 0 spiro atoms. The minimum atomic E-state index is -0.468. The summed E-state index contributed by atoms with van der Waals surface area (Å²) in [4.78, 5) is 11.0. The van der Waals surface area contributed by atoms with Crippen LogP contribution in [-0.2, 0) is 32.7 Å². The van der Waals surface area contributed by atoms with E-state index in [0.29, 0.717) is 11.1 Å². The van der Waals surface area contributed by atoms with Crippen LogP contribution >= 0.6 is 0 Å². The standard InChI is InChI=1S/C9H8N3O.CH2NO.Y/c1-12-5-6-3-2-4-7(9(10)13)8(6)11-12;1-2-3;/h2-5H,1H2,(H2,10,13);1,3H;/q2*-1;. The van der Waals surface area contributed by atoms with E-state index in [9.17, 15) is 4.79 Å². The number of aromatic nitrogens is 2. The molecule has 1 aromatic carbocycles. The second-order valence-electron chi connectivity index (χ2n) is 2.89. The first-order valence-corrected chi connectivity index (χ1v) is 4.23. The fraction of sp³-hybridized carbons (Fsp3) is 0. The summed E-state index contributed by atoms with van der Waals surface area (Å²) in [6.07, 6.45) is 1.74. The van der Waals surface area contributed by atoms with Crippen molar-refractivity contribution in [2.45, 2.75) is 0 Å². The van der Waals surface area contributed by atoms with Gasteiger partial charge >= 0.3 is 0 Å². The smallest absolute Gasteiger partial charge is 0.250 e. The van der Waals surface area contributed by atoms with Crippen LogP contribution in [0.3, 0.4) is 0 Å². The van der Waals surface area contributed by atoms with E-state index in [-0.39, 0.29) is 32.7 Å². The molecule has 0 unspecified atom stereocenters. The number of carbonyl (C=O) groups is 1. The average Bonchev–Trinajstić information content (AvgIpc) is 2.58. The third-order valence-corrected chi connectivity index (χ3v) is 1.85. The molecule has 0 atom stereocenters. The molecule has 1 heterocycles. The van der Waals surface area contributed by atoms with Crippen molar-refractivity contribution in [3.63, 3.8) is 0 Å². The Balaban J connectivity index is 0.000000583. The van der Waals surface area contributed by atoms with Crippen molar-refractivity contribution in [2.75, 3.05) is 0 Å². The first kappa shape index (κ1) is 15.6. The van der Waals surface area contributed by atoms with Gasteiger partial charge in [0.2, 0.25) is 0 Å². The molecule has 0 aliphatic rings. The maximum Gasteiger partial charge on any atom is 0.250 e. The van der Waals surface area contributed by atoms with Crippen LogP contribution in [0.15, 0.2) is 29.6 Å². The number of nitrogens with two attached hydrogens (primary N) is 1. The summed E-state index contributed by atoms with van der Waals surface area (Å²) in [5.41, 5.74) is 6.21. The third kappa shape index (κ3) is 3.83. The molecule has 6 nitrogen and oxygen atoms in total. The van der Waals surface area contributed by atoms with Crippen molar-refractivity contribution >= 4 is 23.5 Å². The van der Waals surface area contributed by atoms with Gasteiger partial charge in [-0.3, -0.25) is 4.79 Å². The molecule has 1 amide bonds. The van der Waals surface area contributed by atoms with Gasteiger partial charge < -0.3 is 27.5 Å². The van der Waals surface area contributed by atoms with Crippen molar-refractivity contribution in [3.05, 3.63) is 37.0 Å². The molecule has 7 heteroatoms. The van der Waals surface area contributed by atoms with Gasteiger partial charge in [-0.1, -0.05) is 17.5 Å². The molecule has 0 fully saturated rings. The van der Waals surface area contributed by atoms with E-state index in [0.717, 1.165) is 5.39 Å². The molecule has 87 valence electrons. The van der Waals surface area contributed by atoms with Gasteiger partial charge in [-0.2, -0.15) is 7.05 Å². The molecule has 0 aliphatic heterocycles. The van der Waals surface area contributed by atoms with Crippen LogP contribution in [0.2, 0.25) is 0 Å². The van der Waals surface area contributed by atoms with Crippen molar-refractivity contribution < 1.29 is 42.7 Å². The van der Waals surface area contributed by atoms with E-state index < -0.39 is 5.91 Å². The topological polar surface area (TPSA) is 93.5 Å². The SMILES string of the molecule is [CH-]=NO.[CH2-]n1cc2cccc(C(N)=O)c2n1.[Y]. The predicted molar refractivity (Wildman–Crippen MR) is 59.3 cm³/mol. The van der Waals surface area contributed by atoms with Gasteiger partial charge in [-0.15, -0.1) is 6.20 Å². The number of primary amides is 1. The Bertz CT molecular complexity index is 524. The van der Waals surface area contributed by atoms with Crippen molar-refractivity contribution in [3.8, 4) is 0 Å². The molecule has 0 saturated carbocycles. The largest absolute Gasteiger partial charge is 0.448 e. The van der Waals surface area contributed by atoms with E-state index in [1.165, 1.54) is 4.68 Å². The van der Waals surface area contributed by atoms with Crippen LogP contribution in [0.4, 0.5) is 0 Å². The van der Waals surface area contributed by atoms with Crippen LogP contribution in [0.1, 0.15) is 10.4 Å². The minimum Gasteiger partial charge on any atom is -0.448 e. The fourth-order valence-corrected chi connectivity index (χ4v) is 1.29. The van der Waals surface area contributed by atoms with E-state index in [2.05, 4.69) is 18.9 Å². The zero-order chi connectivity index (χ0) is 12.1. The minimum absolute atomic E-state index is 0. The molecular formula is C10H10N4O2Y-2. The van der Waals surface area contributed by atoms with Gasteiger partial charge in [0, 0.05) is 32.7 Å². The van der Waals surface area contributed by atoms with Gasteiger partial charge in [0.25, 0.3) is 5.91 Å². The third-order valence-electron chi connectivity index (χ3n) is 1.85. The first-order chi connectivity index (χ1) is 7.60. The van der Waals surface area contributed by atoms with Gasteiger partial charge in [0.05, 0.1) is 11.1 Å². The number of carbonyl (C=O) groups excluding carboxylic acids is 1. The van der Waals surface area contributed by atoms with Crippen LogP contribution in [0.25, 0.3) is 10.9 Å². The van der Waals surface area contributed by atoms with Crippen LogP contribution in [0, 0.1) is 7.05 Å². The van der Waals surface area contributed by atoms with Crippen molar-refractivity contribution in [1.82, 2.24) is 9.78 Å². The molecule has 17 heavy (non-hydrogen) atoms. The van der Waals surface area contributed by atoms with Crippen molar-refractivity contribution in [1.29, 1.82) is 0 Å². The van der Waals surface area contributed by atoms with Gasteiger partial charge in [-0.05, 0) is 6.07 Å². The molecule has 1 aromatic heterocycles. The molecule has 0 bridgehead atoms. The number of nitrogens with zero attached hydrogens (tertiary/aromatic N) is 3. The number of hydrogen-bond acceptors (Lipinski definition) is 4. The average molecular weight is 307 g/mol. The predicted octanol–water partition coefficient (Wildman–Crippen LogP) is 0.726. The Morgan fingerprint density at radius 1 is 1.59 bits per heavy atom. The number of amides is 1. The maximum absolute atomic E-state index is 11.0. The summed E-state index contributed by atoms with van der Waals surface area (Å²) < 4.78 is 1.41. The Labute approximate surface area is 123 Å². The van der Waals surface area contributed by atoms with Crippen LogP contribution in [0.5, 0.6) is 0 Å². The maximum atomic E-state index is 11.0. The molecule has 1 radical (unpaired) electrons. The Morgan fingerprint density at radius 2 is 2.18 bits per heavy atom. The molecule has 2 aromatic rings. The molecule has 2 rings (SSSR count). The van der Waals surface area contributed by atoms with Crippen LogP contribution in [-0.4, -0.2) is 27.6 Å². The first-order valence-electron chi connectivity index (χ1n) is 4.23. The zero-order valence-corrected chi connectivity index (χ0v) is 11.8. The van der Waals surface area contributed by atoms with E-state index >= 15 is 0 Å². The summed E-state index contributed by atoms with van der Waals surface area (Å²) in [5, 5.41) is 13.9. The summed E-state index contributed by atoms with van der Waals surface area (Å²) in [5.74, 6) is -0.468.